The van der Waals surface area contributed by atoms with Crippen LogP contribution in [0.4, 0.5) is 0 Å². The first-order valence-corrected chi connectivity index (χ1v) is 7.49. The summed E-state index contributed by atoms with van der Waals surface area (Å²) >= 11 is 0. The highest BCUT2D eigenvalue weighted by atomic mass is 16.3. The molecule has 0 spiro atoms. The number of nitrogens with two attached hydrogens (primary N) is 1. The van der Waals surface area contributed by atoms with E-state index in [0.29, 0.717) is 5.56 Å². The van der Waals surface area contributed by atoms with Crippen LogP contribution in [0.15, 0.2) is 24.5 Å². The molecule has 1 aromatic heterocycles. The average molecular weight is 278 g/mol. The molecule has 1 amide bonds. The molecular weight excluding hydrogens is 252 g/mol. The van der Waals surface area contributed by atoms with Crippen LogP contribution in [-0.2, 0) is 0 Å². The molecule has 2 rings (SSSR count). The van der Waals surface area contributed by atoms with E-state index in [9.17, 15) is 9.90 Å². The third-order valence-corrected chi connectivity index (χ3v) is 3.73. The number of aliphatic hydroxyl groups is 1. The standard InChI is InChI=1S/C10H20O.C6H6N2O/c1-2-3-7-10(11)8-5-4-6-9-10;7-6(9)5-2-1-3-8-4-5/h11H,2-9H2,1H3;1-4H,(H2,7,9). The maximum atomic E-state index is 10.4. The number of primary amides is 1. The van der Waals surface area contributed by atoms with Crippen molar-refractivity contribution in [1.29, 1.82) is 0 Å². The van der Waals surface area contributed by atoms with Crippen LogP contribution in [0, 0.1) is 0 Å². The lowest BCUT2D eigenvalue weighted by molar-refractivity contribution is -0.00550. The molecule has 1 fully saturated rings. The number of unbranched alkanes of at least 4 members (excludes halogenated alkanes) is 1. The summed E-state index contributed by atoms with van der Waals surface area (Å²) in [7, 11) is 0. The fraction of sp³-hybridized carbons (Fsp3) is 0.625. The van der Waals surface area contributed by atoms with E-state index in [-0.39, 0.29) is 5.60 Å². The van der Waals surface area contributed by atoms with E-state index in [1.165, 1.54) is 38.3 Å². The van der Waals surface area contributed by atoms with Crippen LogP contribution in [0.1, 0.15) is 68.6 Å². The van der Waals surface area contributed by atoms with Gasteiger partial charge in [0.1, 0.15) is 0 Å². The Bertz CT molecular complexity index is 387. The van der Waals surface area contributed by atoms with Crippen molar-refractivity contribution < 1.29 is 9.90 Å². The molecular formula is C16H26N2O2. The van der Waals surface area contributed by atoms with Crippen molar-refractivity contribution in [2.75, 3.05) is 0 Å². The Kier molecular flexibility index (Phi) is 7.23. The summed E-state index contributed by atoms with van der Waals surface area (Å²) in [4.78, 5) is 14.1. The fourth-order valence-electron chi connectivity index (χ4n) is 2.47. The second-order valence-electron chi connectivity index (χ2n) is 5.49. The van der Waals surface area contributed by atoms with Crippen LogP contribution in [-0.4, -0.2) is 21.6 Å². The molecule has 0 saturated heterocycles. The summed E-state index contributed by atoms with van der Waals surface area (Å²) in [6.07, 6.45) is 12.4. The molecule has 0 bridgehead atoms. The van der Waals surface area contributed by atoms with E-state index in [0.717, 1.165) is 19.3 Å². The van der Waals surface area contributed by atoms with Gasteiger partial charge >= 0.3 is 0 Å². The summed E-state index contributed by atoms with van der Waals surface area (Å²) in [5.41, 5.74) is 5.11. The predicted molar refractivity (Wildman–Crippen MR) is 80.3 cm³/mol. The van der Waals surface area contributed by atoms with Crippen LogP contribution in [0.3, 0.4) is 0 Å². The Morgan fingerprint density at radius 1 is 1.40 bits per heavy atom. The van der Waals surface area contributed by atoms with Crippen LogP contribution in [0.2, 0.25) is 0 Å². The number of amides is 1. The molecule has 0 aliphatic heterocycles. The molecule has 3 N–H and O–H groups in total. The maximum Gasteiger partial charge on any atom is 0.250 e. The molecule has 1 saturated carbocycles. The lowest BCUT2D eigenvalue weighted by Gasteiger charge is -2.31. The molecule has 112 valence electrons. The lowest BCUT2D eigenvalue weighted by atomic mass is 9.81. The molecule has 4 nitrogen and oxygen atoms in total. The zero-order valence-electron chi connectivity index (χ0n) is 12.3. The number of hydrogen-bond donors (Lipinski definition) is 2. The summed E-state index contributed by atoms with van der Waals surface area (Å²) in [6, 6.07) is 3.29. The first-order valence-electron chi connectivity index (χ1n) is 7.49. The number of carbonyl (C=O) groups excluding carboxylic acids is 1. The number of pyridine rings is 1. The fourth-order valence-corrected chi connectivity index (χ4v) is 2.47. The largest absolute Gasteiger partial charge is 0.390 e. The zero-order chi connectivity index (χ0) is 14.8. The smallest absolute Gasteiger partial charge is 0.250 e. The van der Waals surface area contributed by atoms with Crippen molar-refractivity contribution >= 4 is 5.91 Å². The Labute approximate surface area is 121 Å². The van der Waals surface area contributed by atoms with Gasteiger partial charge in [-0.2, -0.15) is 0 Å². The Morgan fingerprint density at radius 2 is 2.10 bits per heavy atom. The lowest BCUT2D eigenvalue weighted by Crippen LogP contribution is -2.30. The van der Waals surface area contributed by atoms with Crippen molar-refractivity contribution in [3.63, 3.8) is 0 Å². The molecule has 0 radical (unpaired) electrons. The maximum absolute atomic E-state index is 10.4. The summed E-state index contributed by atoms with van der Waals surface area (Å²) in [5, 5.41) is 10.0. The first kappa shape index (κ1) is 16.6. The van der Waals surface area contributed by atoms with E-state index >= 15 is 0 Å². The molecule has 0 aromatic carbocycles. The van der Waals surface area contributed by atoms with Gasteiger partial charge in [0.05, 0.1) is 11.2 Å². The van der Waals surface area contributed by atoms with E-state index in [2.05, 4.69) is 11.9 Å². The Balaban J connectivity index is 0.000000204. The Hall–Kier alpha value is -1.42. The number of aromatic nitrogens is 1. The minimum atomic E-state index is -0.442. The van der Waals surface area contributed by atoms with Gasteiger partial charge in [-0.15, -0.1) is 0 Å². The van der Waals surface area contributed by atoms with Gasteiger partial charge in [-0.1, -0.05) is 39.0 Å². The quantitative estimate of drug-likeness (QED) is 0.888. The van der Waals surface area contributed by atoms with Gasteiger partial charge in [-0.3, -0.25) is 9.78 Å². The van der Waals surface area contributed by atoms with Crippen LogP contribution in [0.25, 0.3) is 0 Å². The van der Waals surface area contributed by atoms with Gasteiger partial charge in [0.2, 0.25) is 5.91 Å². The van der Waals surface area contributed by atoms with Crippen LogP contribution < -0.4 is 5.73 Å². The third-order valence-electron chi connectivity index (χ3n) is 3.73. The van der Waals surface area contributed by atoms with Gasteiger partial charge in [0.15, 0.2) is 0 Å². The second-order valence-corrected chi connectivity index (χ2v) is 5.49. The monoisotopic (exact) mass is 278 g/mol. The highest BCUT2D eigenvalue weighted by Gasteiger charge is 2.27. The van der Waals surface area contributed by atoms with Crippen molar-refractivity contribution in [3.05, 3.63) is 30.1 Å². The minimum Gasteiger partial charge on any atom is -0.390 e. The molecule has 0 atom stereocenters. The molecule has 1 aromatic rings. The van der Waals surface area contributed by atoms with Crippen molar-refractivity contribution in [2.45, 2.75) is 63.9 Å². The van der Waals surface area contributed by atoms with Gasteiger partial charge in [0.25, 0.3) is 0 Å². The Morgan fingerprint density at radius 3 is 2.55 bits per heavy atom. The van der Waals surface area contributed by atoms with Crippen molar-refractivity contribution in [1.82, 2.24) is 4.98 Å². The number of carbonyl (C=O) groups is 1. The number of rotatable bonds is 4. The van der Waals surface area contributed by atoms with E-state index in [1.807, 2.05) is 0 Å². The molecule has 1 aliphatic carbocycles. The topological polar surface area (TPSA) is 76.2 Å². The zero-order valence-corrected chi connectivity index (χ0v) is 12.3. The van der Waals surface area contributed by atoms with E-state index in [4.69, 9.17) is 5.73 Å². The molecule has 4 heteroatoms. The molecule has 1 heterocycles. The highest BCUT2D eigenvalue weighted by Crippen LogP contribution is 2.31. The van der Waals surface area contributed by atoms with Gasteiger partial charge in [-0.25, -0.2) is 0 Å². The predicted octanol–water partition coefficient (Wildman–Crippen LogP) is 3.05. The average Bonchev–Trinajstić information content (AvgIpc) is 2.47. The van der Waals surface area contributed by atoms with Crippen molar-refractivity contribution in [3.8, 4) is 0 Å². The normalized spacial score (nSPS) is 16.9. The highest BCUT2D eigenvalue weighted by molar-refractivity contribution is 5.92. The van der Waals surface area contributed by atoms with Gasteiger partial charge in [-0.05, 0) is 31.4 Å². The SMILES string of the molecule is CCCCC1(O)CCCCC1.NC(=O)c1cccnc1. The van der Waals surface area contributed by atoms with Crippen LogP contribution in [0.5, 0.6) is 0 Å². The second kappa shape index (κ2) is 8.69. The summed E-state index contributed by atoms with van der Waals surface area (Å²) in [5.74, 6) is -0.442. The minimum absolute atomic E-state index is 0.270. The number of hydrogen-bond acceptors (Lipinski definition) is 3. The van der Waals surface area contributed by atoms with Gasteiger partial charge in [0, 0.05) is 12.4 Å². The summed E-state index contributed by atoms with van der Waals surface area (Å²) < 4.78 is 0. The first-order chi connectivity index (χ1) is 9.57. The van der Waals surface area contributed by atoms with Gasteiger partial charge < -0.3 is 10.8 Å². The summed E-state index contributed by atoms with van der Waals surface area (Å²) in [6.45, 7) is 2.19. The van der Waals surface area contributed by atoms with Crippen LogP contribution >= 0.6 is 0 Å². The molecule has 20 heavy (non-hydrogen) atoms. The van der Waals surface area contributed by atoms with Crippen molar-refractivity contribution in [2.24, 2.45) is 5.73 Å². The molecule has 1 aliphatic rings. The third kappa shape index (κ3) is 6.15. The van der Waals surface area contributed by atoms with E-state index < -0.39 is 5.91 Å². The van der Waals surface area contributed by atoms with E-state index in [1.54, 1.807) is 18.3 Å². The number of nitrogens with zero attached hydrogens (tertiary/aromatic N) is 1. The molecule has 0 unspecified atom stereocenters.